The minimum absolute atomic E-state index is 0.103. The summed E-state index contributed by atoms with van der Waals surface area (Å²) < 4.78 is 10.9. The fourth-order valence-electron chi connectivity index (χ4n) is 2.35. The van der Waals surface area contributed by atoms with Crippen molar-refractivity contribution < 1.29 is 28.7 Å². The van der Waals surface area contributed by atoms with Crippen LogP contribution in [0.4, 0.5) is 5.69 Å². The van der Waals surface area contributed by atoms with Gasteiger partial charge in [-0.2, -0.15) is 0 Å². The molecule has 0 fully saturated rings. The van der Waals surface area contributed by atoms with E-state index in [9.17, 15) is 19.2 Å². The number of rotatable bonds is 7. The van der Waals surface area contributed by atoms with Crippen molar-refractivity contribution >= 4 is 29.8 Å². The first-order chi connectivity index (χ1) is 12.5. The number of ether oxygens (including phenoxy) is 2. The van der Waals surface area contributed by atoms with Crippen LogP contribution in [-0.2, 0) is 20.8 Å². The van der Waals surface area contributed by atoms with Crippen molar-refractivity contribution in [3.05, 3.63) is 53.3 Å². The molecule has 1 aromatic carbocycles. The van der Waals surface area contributed by atoms with E-state index in [-0.39, 0.29) is 29.1 Å². The SMILES string of the molecule is COC(=O)c1cc(NC(=O)CCn2cccc2C=O)cc(C(=O)OC)c1. The number of carbonyl (C=O) groups is 4. The summed E-state index contributed by atoms with van der Waals surface area (Å²) >= 11 is 0. The van der Waals surface area contributed by atoms with Crippen molar-refractivity contribution in [3.63, 3.8) is 0 Å². The Balaban J connectivity index is 2.13. The van der Waals surface area contributed by atoms with Crippen molar-refractivity contribution in [2.45, 2.75) is 13.0 Å². The molecule has 8 nitrogen and oxygen atoms in total. The number of hydrogen-bond donors (Lipinski definition) is 1. The van der Waals surface area contributed by atoms with Gasteiger partial charge in [0.25, 0.3) is 0 Å². The van der Waals surface area contributed by atoms with Crippen LogP contribution < -0.4 is 5.32 Å². The monoisotopic (exact) mass is 358 g/mol. The first-order valence-electron chi connectivity index (χ1n) is 7.70. The van der Waals surface area contributed by atoms with Gasteiger partial charge < -0.3 is 19.4 Å². The number of amides is 1. The van der Waals surface area contributed by atoms with E-state index in [0.717, 1.165) is 0 Å². The Kier molecular flexibility index (Phi) is 6.26. The summed E-state index contributed by atoms with van der Waals surface area (Å²) in [5.41, 5.74) is 0.957. The highest BCUT2D eigenvalue weighted by Crippen LogP contribution is 2.17. The maximum atomic E-state index is 12.2. The zero-order valence-corrected chi connectivity index (χ0v) is 14.4. The van der Waals surface area contributed by atoms with Crippen LogP contribution in [0.25, 0.3) is 0 Å². The number of aldehydes is 1. The Hall–Kier alpha value is -3.42. The van der Waals surface area contributed by atoms with Gasteiger partial charge in [0.15, 0.2) is 6.29 Å². The summed E-state index contributed by atoms with van der Waals surface area (Å²) in [5.74, 6) is -1.63. The Labute approximate surface area is 149 Å². The van der Waals surface area contributed by atoms with Gasteiger partial charge in [0.1, 0.15) is 0 Å². The number of carbonyl (C=O) groups excluding carboxylic acids is 4. The summed E-state index contributed by atoms with van der Waals surface area (Å²) in [5, 5.41) is 2.62. The molecule has 26 heavy (non-hydrogen) atoms. The Morgan fingerprint density at radius 3 is 2.23 bits per heavy atom. The van der Waals surface area contributed by atoms with Crippen LogP contribution in [0.15, 0.2) is 36.5 Å². The van der Waals surface area contributed by atoms with Gasteiger partial charge >= 0.3 is 11.9 Å². The van der Waals surface area contributed by atoms with Gasteiger partial charge in [-0.15, -0.1) is 0 Å². The van der Waals surface area contributed by atoms with Crippen LogP contribution in [0.1, 0.15) is 37.6 Å². The number of methoxy groups -OCH3 is 2. The highest BCUT2D eigenvalue weighted by atomic mass is 16.5. The van der Waals surface area contributed by atoms with Gasteiger partial charge in [0, 0.05) is 24.8 Å². The van der Waals surface area contributed by atoms with Crippen molar-refractivity contribution in [2.24, 2.45) is 0 Å². The summed E-state index contributed by atoms with van der Waals surface area (Å²) in [6.45, 7) is 0.313. The molecule has 0 aliphatic rings. The largest absolute Gasteiger partial charge is 0.465 e. The molecule has 2 aromatic rings. The van der Waals surface area contributed by atoms with Crippen molar-refractivity contribution in [1.29, 1.82) is 0 Å². The van der Waals surface area contributed by atoms with Crippen LogP contribution in [0.2, 0.25) is 0 Å². The van der Waals surface area contributed by atoms with Gasteiger partial charge in [0.2, 0.25) is 5.91 Å². The number of nitrogens with one attached hydrogen (secondary N) is 1. The zero-order chi connectivity index (χ0) is 19.1. The standard InChI is InChI=1S/C18H18N2O6/c1-25-17(23)12-8-13(18(24)26-2)10-14(9-12)19-16(22)5-7-20-6-3-4-15(20)11-21/h3-4,6,8-11H,5,7H2,1-2H3,(H,19,22). The van der Waals surface area contributed by atoms with Gasteiger partial charge in [-0.05, 0) is 30.3 Å². The van der Waals surface area contributed by atoms with Crippen molar-refractivity contribution in [1.82, 2.24) is 4.57 Å². The number of aromatic nitrogens is 1. The molecule has 136 valence electrons. The van der Waals surface area contributed by atoms with Crippen LogP contribution in [0, 0.1) is 0 Å². The summed E-state index contributed by atoms with van der Waals surface area (Å²) in [4.78, 5) is 46.5. The average Bonchev–Trinajstić information content (AvgIpc) is 3.12. The number of esters is 2. The molecule has 2 rings (SSSR count). The molecule has 0 saturated heterocycles. The predicted octanol–water partition coefficient (Wildman–Crippen LogP) is 1.90. The fraction of sp³-hybridized carbons (Fsp3) is 0.222. The molecular formula is C18H18N2O6. The number of anilines is 1. The first kappa shape index (κ1) is 18.9. The summed E-state index contributed by atoms with van der Waals surface area (Å²) in [6.07, 6.45) is 2.51. The molecule has 0 unspecified atom stereocenters. The van der Waals surface area contributed by atoms with Crippen molar-refractivity contribution in [3.8, 4) is 0 Å². The van der Waals surface area contributed by atoms with Crippen LogP contribution >= 0.6 is 0 Å². The highest BCUT2D eigenvalue weighted by Gasteiger charge is 2.15. The van der Waals surface area contributed by atoms with E-state index in [2.05, 4.69) is 14.8 Å². The maximum absolute atomic E-state index is 12.2. The van der Waals surface area contributed by atoms with Gasteiger partial charge in [-0.25, -0.2) is 9.59 Å². The van der Waals surface area contributed by atoms with E-state index in [4.69, 9.17) is 0 Å². The molecule has 0 saturated carbocycles. The lowest BCUT2D eigenvalue weighted by Gasteiger charge is -2.10. The molecule has 8 heteroatoms. The van der Waals surface area contributed by atoms with E-state index < -0.39 is 11.9 Å². The lowest BCUT2D eigenvalue weighted by atomic mass is 10.1. The maximum Gasteiger partial charge on any atom is 0.337 e. The fourth-order valence-corrected chi connectivity index (χ4v) is 2.35. The van der Waals surface area contributed by atoms with Gasteiger partial charge in [-0.1, -0.05) is 0 Å². The Morgan fingerprint density at radius 2 is 1.69 bits per heavy atom. The molecule has 1 N–H and O–H groups in total. The predicted molar refractivity (Wildman–Crippen MR) is 92.2 cm³/mol. The summed E-state index contributed by atoms with van der Waals surface area (Å²) in [7, 11) is 2.43. The molecule has 0 spiro atoms. The normalized spacial score (nSPS) is 10.1. The quantitative estimate of drug-likeness (QED) is 0.599. The van der Waals surface area contributed by atoms with Crippen LogP contribution in [-0.4, -0.2) is 42.9 Å². The Bertz CT molecular complexity index is 806. The van der Waals surface area contributed by atoms with Crippen molar-refractivity contribution in [2.75, 3.05) is 19.5 Å². The van der Waals surface area contributed by atoms with E-state index in [1.165, 1.54) is 32.4 Å². The van der Waals surface area contributed by atoms with E-state index >= 15 is 0 Å². The number of hydrogen-bond acceptors (Lipinski definition) is 6. The highest BCUT2D eigenvalue weighted by molar-refractivity contribution is 5.99. The molecule has 0 aliphatic heterocycles. The third kappa shape index (κ3) is 4.56. The zero-order valence-electron chi connectivity index (χ0n) is 14.4. The molecular weight excluding hydrogens is 340 g/mol. The minimum atomic E-state index is -0.644. The number of aryl methyl sites for hydroxylation is 1. The molecule has 1 aromatic heterocycles. The smallest absolute Gasteiger partial charge is 0.337 e. The minimum Gasteiger partial charge on any atom is -0.465 e. The first-order valence-corrected chi connectivity index (χ1v) is 7.70. The molecule has 1 amide bonds. The second-order valence-corrected chi connectivity index (χ2v) is 5.32. The summed E-state index contributed by atoms with van der Waals surface area (Å²) in [6, 6.07) is 7.49. The second kappa shape index (κ2) is 8.61. The Morgan fingerprint density at radius 1 is 1.08 bits per heavy atom. The lowest BCUT2D eigenvalue weighted by molar-refractivity contribution is -0.116. The molecule has 0 aliphatic carbocycles. The van der Waals surface area contributed by atoms with Crippen LogP contribution in [0.5, 0.6) is 0 Å². The second-order valence-electron chi connectivity index (χ2n) is 5.32. The average molecular weight is 358 g/mol. The van der Waals surface area contributed by atoms with Crippen LogP contribution in [0.3, 0.4) is 0 Å². The molecule has 1 heterocycles. The molecule has 0 radical (unpaired) electrons. The van der Waals surface area contributed by atoms with Gasteiger partial charge in [0.05, 0.1) is 31.0 Å². The van der Waals surface area contributed by atoms with E-state index in [1.807, 2.05) is 0 Å². The van der Waals surface area contributed by atoms with Gasteiger partial charge in [-0.3, -0.25) is 9.59 Å². The van der Waals surface area contributed by atoms with E-state index in [0.29, 0.717) is 18.5 Å². The molecule has 0 atom stereocenters. The third-order valence-electron chi connectivity index (χ3n) is 3.62. The lowest BCUT2D eigenvalue weighted by Crippen LogP contribution is -2.16. The number of nitrogens with zero attached hydrogens (tertiary/aromatic N) is 1. The van der Waals surface area contributed by atoms with E-state index in [1.54, 1.807) is 22.9 Å². The molecule has 0 bridgehead atoms. The topological polar surface area (TPSA) is 104 Å². The number of benzene rings is 1. The third-order valence-corrected chi connectivity index (χ3v) is 3.62.